The molecule has 0 amide bonds. The lowest BCUT2D eigenvalue weighted by atomic mass is 10.1. The molecule has 0 aromatic carbocycles. The van der Waals surface area contributed by atoms with Crippen LogP contribution in [-0.2, 0) is 9.53 Å². The largest absolute Gasteiger partial charge is 0.481 e. The number of carboxylic acid groups (broad SMARTS) is 1. The van der Waals surface area contributed by atoms with Crippen molar-refractivity contribution >= 4 is 5.97 Å². The van der Waals surface area contributed by atoms with E-state index < -0.39 is 5.97 Å². The second-order valence-corrected chi connectivity index (χ2v) is 2.58. The molecule has 0 rings (SSSR count). The van der Waals surface area contributed by atoms with Crippen LogP contribution in [0.3, 0.4) is 0 Å². The molecule has 0 aromatic heterocycles. The van der Waals surface area contributed by atoms with Gasteiger partial charge in [0.2, 0.25) is 0 Å². The van der Waals surface area contributed by atoms with Gasteiger partial charge in [-0.1, -0.05) is 13.3 Å². The van der Waals surface area contributed by atoms with Gasteiger partial charge in [-0.05, 0) is 12.8 Å². The molecule has 0 bridgehead atoms. The number of ether oxygens (including phenoxy) is 1. The van der Waals surface area contributed by atoms with Crippen LogP contribution in [0.2, 0.25) is 0 Å². The Hall–Kier alpha value is -0.570. The molecule has 0 aliphatic rings. The topological polar surface area (TPSA) is 46.5 Å². The lowest BCUT2D eigenvalue weighted by Gasteiger charge is -2.11. The minimum absolute atomic E-state index is 0.121. The lowest BCUT2D eigenvalue weighted by molar-refractivity contribution is -0.137. The molecule has 11 heavy (non-hydrogen) atoms. The molecular formula is C8H16O3. The van der Waals surface area contributed by atoms with Gasteiger partial charge in [0.05, 0.1) is 6.10 Å². The fourth-order valence-electron chi connectivity index (χ4n) is 0.986. The van der Waals surface area contributed by atoms with E-state index in [0.717, 1.165) is 12.8 Å². The van der Waals surface area contributed by atoms with Crippen LogP contribution in [0.4, 0.5) is 0 Å². The second-order valence-electron chi connectivity index (χ2n) is 2.58. The fourth-order valence-corrected chi connectivity index (χ4v) is 0.986. The first kappa shape index (κ1) is 10.4. The summed E-state index contributed by atoms with van der Waals surface area (Å²) in [4.78, 5) is 10.2. The molecule has 3 heteroatoms. The Bertz CT molecular complexity index is 112. The molecular weight excluding hydrogens is 144 g/mol. The summed E-state index contributed by atoms with van der Waals surface area (Å²) < 4.78 is 5.08. The van der Waals surface area contributed by atoms with Crippen molar-refractivity contribution in [2.75, 3.05) is 7.11 Å². The summed E-state index contributed by atoms with van der Waals surface area (Å²) in [5.74, 6) is -0.747. The zero-order valence-corrected chi connectivity index (χ0v) is 7.17. The van der Waals surface area contributed by atoms with Crippen molar-refractivity contribution in [2.24, 2.45) is 0 Å². The third-order valence-electron chi connectivity index (χ3n) is 1.62. The summed E-state index contributed by atoms with van der Waals surface area (Å²) in [6, 6.07) is 0. The van der Waals surface area contributed by atoms with Crippen LogP contribution in [0.25, 0.3) is 0 Å². The second kappa shape index (κ2) is 6.16. The highest BCUT2D eigenvalue weighted by Gasteiger charge is 2.07. The lowest BCUT2D eigenvalue weighted by Crippen LogP contribution is -2.12. The van der Waals surface area contributed by atoms with Crippen molar-refractivity contribution in [1.82, 2.24) is 0 Å². The molecule has 1 unspecified atom stereocenters. The van der Waals surface area contributed by atoms with Gasteiger partial charge in [-0.3, -0.25) is 4.79 Å². The Kier molecular flexibility index (Phi) is 5.84. The first-order valence-electron chi connectivity index (χ1n) is 3.95. The summed E-state index contributed by atoms with van der Waals surface area (Å²) in [5.41, 5.74) is 0. The standard InChI is InChI=1S/C8H16O3/c1-3-4-7(11-2)5-6-8(9)10/h7H,3-6H2,1-2H3,(H,9,10). The molecule has 0 radical (unpaired) electrons. The molecule has 0 aromatic rings. The van der Waals surface area contributed by atoms with Crippen LogP contribution >= 0.6 is 0 Å². The molecule has 3 nitrogen and oxygen atoms in total. The monoisotopic (exact) mass is 160 g/mol. The van der Waals surface area contributed by atoms with Crippen LogP contribution in [-0.4, -0.2) is 24.3 Å². The maximum absolute atomic E-state index is 10.2. The van der Waals surface area contributed by atoms with E-state index in [0.29, 0.717) is 6.42 Å². The van der Waals surface area contributed by atoms with Gasteiger partial charge in [-0.15, -0.1) is 0 Å². The Morgan fingerprint density at radius 2 is 2.18 bits per heavy atom. The van der Waals surface area contributed by atoms with Gasteiger partial charge < -0.3 is 9.84 Å². The third-order valence-corrected chi connectivity index (χ3v) is 1.62. The fraction of sp³-hybridized carbons (Fsp3) is 0.875. The summed E-state index contributed by atoms with van der Waals surface area (Å²) in [7, 11) is 1.63. The Morgan fingerprint density at radius 3 is 2.55 bits per heavy atom. The Balaban J connectivity index is 3.43. The number of hydrogen-bond acceptors (Lipinski definition) is 2. The molecule has 0 spiro atoms. The van der Waals surface area contributed by atoms with E-state index in [1.807, 2.05) is 0 Å². The highest BCUT2D eigenvalue weighted by molar-refractivity contribution is 5.66. The first-order chi connectivity index (χ1) is 5.20. The van der Waals surface area contributed by atoms with Gasteiger partial charge >= 0.3 is 5.97 Å². The van der Waals surface area contributed by atoms with E-state index in [-0.39, 0.29) is 12.5 Å². The molecule has 1 N–H and O–H groups in total. The minimum Gasteiger partial charge on any atom is -0.481 e. The van der Waals surface area contributed by atoms with Crippen molar-refractivity contribution in [3.8, 4) is 0 Å². The van der Waals surface area contributed by atoms with Gasteiger partial charge in [0.1, 0.15) is 0 Å². The average molecular weight is 160 g/mol. The van der Waals surface area contributed by atoms with Crippen LogP contribution < -0.4 is 0 Å². The van der Waals surface area contributed by atoms with Gasteiger partial charge in [0.15, 0.2) is 0 Å². The molecule has 0 aliphatic carbocycles. The summed E-state index contributed by atoms with van der Waals surface area (Å²) >= 11 is 0. The number of carbonyl (C=O) groups is 1. The average Bonchev–Trinajstić information content (AvgIpc) is 1.97. The van der Waals surface area contributed by atoms with Gasteiger partial charge in [0, 0.05) is 13.5 Å². The molecule has 0 fully saturated rings. The smallest absolute Gasteiger partial charge is 0.303 e. The van der Waals surface area contributed by atoms with Crippen molar-refractivity contribution < 1.29 is 14.6 Å². The normalized spacial score (nSPS) is 12.9. The number of methoxy groups -OCH3 is 1. The van der Waals surface area contributed by atoms with Crippen molar-refractivity contribution in [2.45, 2.75) is 38.7 Å². The maximum atomic E-state index is 10.2. The van der Waals surface area contributed by atoms with Gasteiger partial charge in [-0.25, -0.2) is 0 Å². The first-order valence-corrected chi connectivity index (χ1v) is 3.95. The number of aliphatic carboxylic acids is 1. The number of rotatable bonds is 6. The summed E-state index contributed by atoms with van der Waals surface area (Å²) in [6.07, 6.45) is 2.94. The zero-order valence-electron chi connectivity index (χ0n) is 7.17. The highest BCUT2D eigenvalue weighted by atomic mass is 16.5. The summed E-state index contributed by atoms with van der Waals surface area (Å²) in [6.45, 7) is 2.06. The van der Waals surface area contributed by atoms with Crippen molar-refractivity contribution in [3.63, 3.8) is 0 Å². The van der Waals surface area contributed by atoms with E-state index >= 15 is 0 Å². The van der Waals surface area contributed by atoms with E-state index in [4.69, 9.17) is 9.84 Å². The van der Waals surface area contributed by atoms with Gasteiger partial charge in [-0.2, -0.15) is 0 Å². The Morgan fingerprint density at radius 1 is 1.55 bits per heavy atom. The zero-order chi connectivity index (χ0) is 8.69. The molecule has 0 saturated heterocycles. The quantitative estimate of drug-likeness (QED) is 0.642. The van der Waals surface area contributed by atoms with E-state index in [1.54, 1.807) is 7.11 Å². The molecule has 0 saturated carbocycles. The van der Waals surface area contributed by atoms with Crippen molar-refractivity contribution in [3.05, 3.63) is 0 Å². The third kappa shape index (κ3) is 5.85. The minimum atomic E-state index is -0.747. The number of hydrogen-bond donors (Lipinski definition) is 1. The Labute approximate surface area is 67.4 Å². The summed E-state index contributed by atoms with van der Waals surface area (Å²) in [5, 5.41) is 8.37. The van der Waals surface area contributed by atoms with Gasteiger partial charge in [0.25, 0.3) is 0 Å². The molecule has 0 heterocycles. The highest BCUT2D eigenvalue weighted by Crippen LogP contribution is 2.07. The maximum Gasteiger partial charge on any atom is 0.303 e. The van der Waals surface area contributed by atoms with E-state index in [1.165, 1.54) is 0 Å². The molecule has 1 atom stereocenters. The molecule has 0 aliphatic heterocycles. The predicted molar refractivity (Wildman–Crippen MR) is 42.6 cm³/mol. The van der Waals surface area contributed by atoms with Crippen LogP contribution in [0.5, 0.6) is 0 Å². The van der Waals surface area contributed by atoms with Crippen LogP contribution in [0.1, 0.15) is 32.6 Å². The van der Waals surface area contributed by atoms with Crippen LogP contribution in [0, 0.1) is 0 Å². The molecule has 66 valence electrons. The SMILES string of the molecule is CCCC(CCC(=O)O)OC. The number of carboxylic acids is 1. The van der Waals surface area contributed by atoms with E-state index in [2.05, 4.69) is 6.92 Å². The van der Waals surface area contributed by atoms with Crippen LogP contribution in [0.15, 0.2) is 0 Å². The predicted octanol–water partition coefficient (Wildman–Crippen LogP) is 1.67. The van der Waals surface area contributed by atoms with Crippen molar-refractivity contribution in [1.29, 1.82) is 0 Å². The van der Waals surface area contributed by atoms with E-state index in [9.17, 15) is 4.79 Å².